The summed E-state index contributed by atoms with van der Waals surface area (Å²) in [5.74, 6) is -0.105. The standard InChI is InChI=1S/C13H14N2O2S/c1-2-9-4-6-12(18-9)13(17)15-11-5-3-8(16)7-10(11)14/h3-7,16H,2,14H2,1H3,(H,15,17). The molecule has 1 amide bonds. The van der Waals surface area contributed by atoms with E-state index < -0.39 is 0 Å². The van der Waals surface area contributed by atoms with Crippen LogP contribution in [0.25, 0.3) is 0 Å². The van der Waals surface area contributed by atoms with Gasteiger partial charge in [-0.15, -0.1) is 11.3 Å². The number of phenols is 1. The van der Waals surface area contributed by atoms with E-state index in [4.69, 9.17) is 5.73 Å². The molecule has 4 N–H and O–H groups in total. The van der Waals surface area contributed by atoms with E-state index >= 15 is 0 Å². The fourth-order valence-corrected chi connectivity index (χ4v) is 2.38. The van der Waals surface area contributed by atoms with Gasteiger partial charge < -0.3 is 16.2 Å². The Hall–Kier alpha value is -2.01. The van der Waals surface area contributed by atoms with Crippen LogP contribution in [0.4, 0.5) is 11.4 Å². The molecule has 2 rings (SSSR count). The van der Waals surface area contributed by atoms with Gasteiger partial charge in [0.15, 0.2) is 0 Å². The van der Waals surface area contributed by atoms with Gasteiger partial charge in [0.2, 0.25) is 0 Å². The summed E-state index contributed by atoms with van der Waals surface area (Å²) in [5.41, 5.74) is 6.55. The number of nitrogens with two attached hydrogens (primary N) is 1. The second-order valence-electron chi connectivity index (χ2n) is 3.85. The largest absolute Gasteiger partial charge is 0.508 e. The van der Waals surface area contributed by atoms with Crippen LogP contribution < -0.4 is 11.1 Å². The lowest BCUT2D eigenvalue weighted by Crippen LogP contribution is -2.11. The van der Waals surface area contributed by atoms with Crippen LogP contribution in [-0.2, 0) is 6.42 Å². The Balaban J connectivity index is 2.16. The lowest BCUT2D eigenvalue weighted by molar-refractivity contribution is 0.103. The number of aromatic hydroxyl groups is 1. The maximum absolute atomic E-state index is 12.0. The lowest BCUT2D eigenvalue weighted by atomic mass is 10.2. The van der Waals surface area contributed by atoms with Crippen LogP contribution in [0.5, 0.6) is 5.75 Å². The quantitative estimate of drug-likeness (QED) is 0.588. The van der Waals surface area contributed by atoms with Crippen LogP contribution in [0, 0.1) is 0 Å². The van der Waals surface area contributed by atoms with Crippen LogP contribution in [0.1, 0.15) is 21.5 Å². The molecular weight excluding hydrogens is 248 g/mol. The Kier molecular flexibility index (Phi) is 3.53. The normalized spacial score (nSPS) is 10.3. The van der Waals surface area contributed by atoms with Gasteiger partial charge in [0.05, 0.1) is 16.3 Å². The average molecular weight is 262 g/mol. The highest BCUT2D eigenvalue weighted by Gasteiger charge is 2.10. The van der Waals surface area contributed by atoms with Gasteiger partial charge in [-0.05, 0) is 30.7 Å². The molecule has 0 atom stereocenters. The predicted molar refractivity (Wildman–Crippen MR) is 74.2 cm³/mol. The van der Waals surface area contributed by atoms with Crippen molar-refractivity contribution in [2.45, 2.75) is 13.3 Å². The second-order valence-corrected chi connectivity index (χ2v) is 5.01. The molecule has 4 nitrogen and oxygen atoms in total. The van der Waals surface area contributed by atoms with Crippen LogP contribution in [0.3, 0.4) is 0 Å². The molecule has 5 heteroatoms. The topological polar surface area (TPSA) is 75.3 Å². The molecule has 0 saturated carbocycles. The van der Waals surface area contributed by atoms with Crippen LogP contribution in [-0.4, -0.2) is 11.0 Å². The van der Waals surface area contributed by atoms with E-state index in [1.165, 1.54) is 28.3 Å². The van der Waals surface area contributed by atoms with Gasteiger partial charge >= 0.3 is 0 Å². The van der Waals surface area contributed by atoms with Gasteiger partial charge in [-0.2, -0.15) is 0 Å². The smallest absolute Gasteiger partial charge is 0.265 e. The number of phenolic OH excluding ortho intramolecular Hbond substituents is 1. The van der Waals surface area contributed by atoms with Crippen molar-refractivity contribution >= 4 is 28.6 Å². The minimum absolute atomic E-state index is 0.0786. The highest BCUT2D eigenvalue weighted by Crippen LogP contribution is 2.25. The Bertz CT molecular complexity index is 578. The minimum Gasteiger partial charge on any atom is -0.508 e. The summed E-state index contributed by atoms with van der Waals surface area (Å²) in [6.07, 6.45) is 0.916. The number of nitrogens with one attached hydrogen (secondary N) is 1. The number of hydrogen-bond acceptors (Lipinski definition) is 4. The van der Waals surface area contributed by atoms with Gasteiger partial charge in [-0.1, -0.05) is 6.92 Å². The SMILES string of the molecule is CCc1ccc(C(=O)Nc2ccc(O)cc2N)s1. The molecule has 0 fully saturated rings. The zero-order chi connectivity index (χ0) is 13.1. The molecule has 0 aliphatic rings. The Morgan fingerprint density at radius 1 is 1.39 bits per heavy atom. The number of carbonyl (C=O) groups is 1. The van der Waals surface area contributed by atoms with Crippen molar-refractivity contribution < 1.29 is 9.90 Å². The van der Waals surface area contributed by atoms with Crippen LogP contribution >= 0.6 is 11.3 Å². The molecule has 1 aromatic heterocycles. The molecule has 0 aliphatic carbocycles. The summed E-state index contributed by atoms with van der Waals surface area (Å²) in [5, 5.41) is 12.0. The Morgan fingerprint density at radius 3 is 2.78 bits per heavy atom. The van der Waals surface area contributed by atoms with Gasteiger partial charge in [0.1, 0.15) is 5.75 Å². The molecular formula is C13H14N2O2S. The highest BCUT2D eigenvalue weighted by molar-refractivity contribution is 7.14. The summed E-state index contributed by atoms with van der Waals surface area (Å²) < 4.78 is 0. The third kappa shape index (κ3) is 2.62. The van der Waals surface area contributed by atoms with E-state index in [0.717, 1.165) is 6.42 Å². The summed E-state index contributed by atoms with van der Waals surface area (Å²) in [6, 6.07) is 8.21. The highest BCUT2D eigenvalue weighted by atomic mass is 32.1. The first-order chi connectivity index (χ1) is 8.60. The molecule has 0 bridgehead atoms. The van der Waals surface area contributed by atoms with E-state index in [2.05, 4.69) is 5.32 Å². The van der Waals surface area contributed by atoms with Crippen molar-refractivity contribution in [3.8, 4) is 5.75 Å². The Labute approximate surface area is 109 Å². The number of aryl methyl sites for hydroxylation is 1. The van der Waals surface area contributed by atoms with Crippen molar-refractivity contribution in [3.63, 3.8) is 0 Å². The summed E-state index contributed by atoms with van der Waals surface area (Å²) in [7, 11) is 0. The number of amides is 1. The predicted octanol–water partition coefficient (Wildman–Crippen LogP) is 2.85. The molecule has 18 heavy (non-hydrogen) atoms. The zero-order valence-corrected chi connectivity index (χ0v) is 10.8. The third-order valence-corrected chi connectivity index (χ3v) is 3.75. The number of thiophene rings is 1. The monoisotopic (exact) mass is 262 g/mol. The van der Waals surface area contributed by atoms with E-state index in [0.29, 0.717) is 16.3 Å². The van der Waals surface area contributed by atoms with Crippen LogP contribution in [0.15, 0.2) is 30.3 Å². The minimum atomic E-state index is -0.183. The van der Waals surface area contributed by atoms with Crippen molar-refractivity contribution in [1.82, 2.24) is 0 Å². The number of benzene rings is 1. The molecule has 0 spiro atoms. The van der Waals surface area contributed by atoms with Crippen molar-refractivity contribution in [3.05, 3.63) is 40.1 Å². The number of hydrogen-bond donors (Lipinski definition) is 3. The summed E-state index contributed by atoms with van der Waals surface area (Å²) >= 11 is 1.47. The van der Waals surface area contributed by atoms with Crippen molar-refractivity contribution in [2.24, 2.45) is 0 Å². The third-order valence-electron chi connectivity index (χ3n) is 2.52. The molecule has 0 radical (unpaired) electrons. The lowest BCUT2D eigenvalue weighted by Gasteiger charge is -2.07. The first kappa shape index (κ1) is 12.4. The van der Waals surface area contributed by atoms with Gasteiger partial charge in [-0.3, -0.25) is 4.79 Å². The summed E-state index contributed by atoms with van der Waals surface area (Å²) in [6.45, 7) is 2.05. The molecule has 0 saturated heterocycles. The fraction of sp³-hybridized carbons (Fsp3) is 0.154. The molecule has 0 unspecified atom stereocenters. The number of carbonyl (C=O) groups excluding carboxylic acids is 1. The Morgan fingerprint density at radius 2 is 2.17 bits per heavy atom. The number of rotatable bonds is 3. The molecule has 94 valence electrons. The van der Waals surface area contributed by atoms with Crippen molar-refractivity contribution in [2.75, 3.05) is 11.1 Å². The van der Waals surface area contributed by atoms with E-state index in [1.807, 2.05) is 13.0 Å². The molecule has 2 aromatic rings. The average Bonchev–Trinajstić information content (AvgIpc) is 2.81. The summed E-state index contributed by atoms with van der Waals surface area (Å²) in [4.78, 5) is 13.8. The van der Waals surface area contributed by atoms with Crippen molar-refractivity contribution in [1.29, 1.82) is 0 Å². The molecule has 1 heterocycles. The maximum Gasteiger partial charge on any atom is 0.265 e. The first-order valence-corrected chi connectivity index (χ1v) is 6.40. The fourth-order valence-electron chi connectivity index (χ4n) is 1.54. The first-order valence-electron chi connectivity index (χ1n) is 5.58. The number of anilines is 2. The van der Waals surface area contributed by atoms with E-state index in [-0.39, 0.29) is 11.7 Å². The van der Waals surface area contributed by atoms with Gasteiger partial charge in [0.25, 0.3) is 5.91 Å². The second kappa shape index (κ2) is 5.10. The van der Waals surface area contributed by atoms with E-state index in [1.54, 1.807) is 12.1 Å². The molecule has 0 aliphatic heterocycles. The van der Waals surface area contributed by atoms with E-state index in [9.17, 15) is 9.90 Å². The molecule has 1 aromatic carbocycles. The van der Waals surface area contributed by atoms with Gasteiger partial charge in [-0.25, -0.2) is 0 Å². The van der Waals surface area contributed by atoms with Gasteiger partial charge in [0, 0.05) is 10.9 Å². The number of nitrogen functional groups attached to an aromatic ring is 1. The zero-order valence-electron chi connectivity index (χ0n) is 9.93. The van der Waals surface area contributed by atoms with Crippen LogP contribution in [0.2, 0.25) is 0 Å². The maximum atomic E-state index is 12.0.